The molecule has 1 aromatic heterocycles. The number of nitrogens with zero attached hydrogens (tertiary/aromatic N) is 4. The van der Waals surface area contributed by atoms with Gasteiger partial charge in [-0.15, -0.1) is 0 Å². The molecule has 2 aromatic rings. The molecule has 4 rings (SSSR count). The second-order valence-electron chi connectivity index (χ2n) is 8.70. The molecule has 2 fully saturated rings. The molecule has 0 N–H and O–H groups in total. The fourth-order valence-electron chi connectivity index (χ4n) is 4.30. The normalized spacial score (nSPS) is 21.3. The van der Waals surface area contributed by atoms with E-state index in [1.807, 2.05) is 6.92 Å². The molecule has 7 heteroatoms. The standard InChI is InChI=1S/C23H32N4O3/c1-17-12-22(26(3)24-17)30-23(28)25(2)15-19-13-21(14-19)29-20-8-6-18(7-9-20)16-27-10-4-5-11-27/h6-9,12,19,21H,4-5,10-11,13-16H2,1-3H3. The molecule has 1 saturated heterocycles. The SMILES string of the molecule is Cc1cc(OC(=O)N(C)CC2CC(Oc3ccc(CN4CCCC4)cc3)C2)n(C)n1. The second kappa shape index (κ2) is 9.08. The van der Waals surface area contributed by atoms with Crippen LogP contribution in [0.2, 0.25) is 0 Å². The van der Waals surface area contributed by atoms with E-state index in [9.17, 15) is 4.79 Å². The van der Waals surface area contributed by atoms with E-state index in [2.05, 4.69) is 34.3 Å². The summed E-state index contributed by atoms with van der Waals surface area (Å²) in [4.78, 5) is 16.4. The highest BCUT2D eigenvalue weighted by atomic mass is 16.6. The second-order valence-corrected chi connectivity index (χ2v) is 8.70. The third-order valence-corrected chi connectivity index (χ3v) is 6.02. The van der Waals surface area contributed by atoms with Gasteiger partial charge in [-0.2, -0.15) is 5.10 Å². The van der Waals surface area contributed by atoms with E-state index in [0.717, 1.165) is 30.8 Å². The van der Waals surface area contributed by atoms with Crippen molar-refractivity contribution in [2.45, 2.75) is 45.3 Å². The number of amides is 1. The number of carbonyl (C=O) groups excluding carboxylic acids is 1. The van der Waals surface area contributed by atoms with E-state index >= 15 is 0 Å². The lowest BCUT2D eigenvalue weighted by molar-refractivity contribution is 0.0481. The third kappa shape index (κ3) is 5.14. The van der Waals surface area contributed by atoms with E-state index in [-0.39, 0.29) is 12.2 Å². The molecule has 0 spiro atoms. The minimum absolute atomic E-state index is 0.226. The molecule has 1 aliphatic carbocycles. The fourth-order valence-corrected chi connectivity index (χ4v) is 4.30. The number of rotatable bonds is 7. The first kappa shape index (κ1) is 20.7. The highest BCUT2D eigenvalue weighted by molar-refractivity contribution is 5.69. The minimum atomic E-state index is -0.351. The number of benzene rings is 1. The van der Waals surface area contributed by atoms with E-state index in [1.54, 1.807) is 29.7 Å². The number of likely N-dealkylation sites (tertiary alicyclic amines) is 1. The van der Waals surface area contributed by atoms with Crippen molar-refractivity contribution in [3.8, 4) is 11.6 Å². The van der Waals surface area contributed by atoms with Crippen molar-refractivity contribution in [3.05, 3.63) is 41.6 Å². The number of aromatic nitrogens is 2. The lowest BCUT2D eigenvalue weighted by atomic mass is 9.82. The summed E-state index contributed by atoms with van der Waals surface area (Å²) in [7, 11) is 3.54. The van der Waals surface area contributed by atoms with Crippen molar-refractivity contribution in [1.29, 1.82) is 0 Å². The molecule has 1 aliphatic heterocycles. The molecule has 1 amide bonds. The summed E-state index contributed by atoms with van der Waals surface area (Å²) < 4.78 is 13.1. The maximum absolute atomic E-state index is 12.3. The Morgan fingerprint density at radius 2 is 1.90 bits per heavy atom. The maximum atomic E-state index is 12.3. The number of ether oxygens (including phenoxy) is 2. The Morgan fingerprint density at radius 1 is 1.20 bits per heavy atom. The molecular weight excluding hydrogens is 380 g/mol. The van der Waals surface area contributed by atoms with Gasteiger partial charge in [0.05, 0.1) is 11.8 Å². The van der Waals surface area contributed by atoms with Gasteiger partial charge in [0.15, 0.2) is 0 Å². The quantitative estimate of drug-likeness (QED) is 0.695. The third-order valence-electron chi connectivity index (χ3n) is 6.02. The van der Waals surface area contributed by atoms with Gasteiger partial charge >= 0.3 is 6.09 Å². The van der Waals surface area contributed by atoms with Crippen molar-refractivity contribution in [2.75, 3.05) is 26.7 Å². The average molecular weight is 413 g/mol. The van der Waals surface area contributed by atoms with E-state index in [0.29, 0.717) is 18.3 Å². The van der Waals surface area contributed by atoms with Gasteiger partial charge in [-0.1, -0.05) is 12.1 Å². The van der Waals surface area contributed by atoms with Gasteiger partial charge in [0.2, 0.25) is 5.88 Å². The Hall–Kier alpha value is -2.54. The van der Waals surface area contributed by atoms with Crippen LogP contribution in [0.25, 0.3) is 0 Å². The Bertz CT molecular complexity index is 852. The average Bonchev–Trinajstić information content (AvgIpc) is 3.30. The van der Waals surface area contributed by atoms with Crippen LogP contribution < -0.4 is 9.47 Å². The van der Waals surface area contributed by atoms with Crippen LogP contribution in [-0.4, -0.2) is 58.5 Å². The van der Waals surface area contributed by atoms with Crippen LogP contribution in [0.4, 0.5) is 4.79 Å². The van der Waals surface area contributed by atoms with E-state index in [1.165, 1.54) is 31.5 Å². The van der Waals surface area contributed by atoms with Gasteiger partial charge in [0.25, 0.3) is 0 Å². The monoisotopic (exact) mass is 412 g/mol. The fraction of sp³-hybridized carbons (Fsp3) is 0.565. The first-order valence-electron chi connectivity index (χ1n) is 10.9. The van der Waals surface area contributed by atoms with Crippen molar-refractivity contribution in [2.24, 2.45) is 13.0 Å². The van der Waals surface area contributed by atoms with E-state index < -0.39 is 0 Å². The molecule has 30 heavy (non-hydrogen) atoms. The zero-order valence-electron chi connectivity index (χ0n) is 18.2. The summed E-state index contributed by atoms with van der Waals surface area (Å²) in [6.07, 6.45) is 4.43. The first-order chi connectivity index (χ1) is 14.5. The molecule has 1 saturated carbocycles. The van der Waals surface area contributed by atoms with Crippen LogP contribution in [0.1, 0.15) is 36.9 Å². The van der Waals surface area contributed by atoms with Crippen LogP contribution in [-0.2, 0) is 13.6 Å². The van der Waals surface area contributed by atoms with Crippen LogP contribution >= 0.6 is 0 Å². The van der Waals surface area contributed by atoms with Crippen LogP contribution in [0.15, 0.2) is 30.3 Å². The van der Waals surface area contributed by atoms with Gasteiger partial charge < -0.3 is 14.4 Å². The Morgan fingerprint density at radius 3 is 2.53 bits per heavy atom. The highest BCUT2D eigenvalue weighted by Gasteiger charge is 2.33. The summed E-state index contributed by atoms with van der Waals surface area (Å²) in [5.74, 6) is 1.84. The summed E-state index contributed by atoms with van der Waals surface area (Å²) in [5.41, 5.74) is 2.17. The molecule has 0 radical (unpaired) electrons. The molecule has 162 valence electrons. The molecule has 0 unspecified atom stereocenters. The summed E-state index contributed by atoms with van der Waals surface area (Å²) >= 11 is 0. The van der Waals surface area contributed by atoms with Gasteiger partial charge in [-0.25, -0.2) is 9.48 Å². The Balaban J connectivity index is 1.17. The van der Waals surface area contributed by atoms with Crippen LogP contribution in [0.5, 0.6) is 11.6 Å². The Kier molecular flexibility index (Phi) is 6.27. The number of hydrogen-bond donors (Lipinski definition) is 0. The molecule has 1 aromatic carbocycles. The lowest BCUT2D eigenvalue weighted by Gasteiger charge is -2.37. The molecule has 0 atom stereocenters. The van der Waals surface area contributed by atoms with Gasteiger partial charge in [-0.05, 0) is 69.3 Å². The lowest BCUT2D eigenvalue weighted by Crippen LogP contribution is -2.42. The van der Waals surface area contributed by atoms with Crippen molar-refractivity contribution in [3.63, 3.8) is 0 Å². The summed E-state index contributed by atoms with van der Waals surface area (Å²) in [6.45, 7) is 6.00. The topological polar surface area (TPSA) is 59.8 Å². The summed E-state index contributed by atoms with van der Waals surface area (Å²) in [6, 6.07) is 10.3. The largest absolute Gasteiger partial charge is 0.490 e. The molecule has 7 nitrogen and oxygen atoms in total. The zero-order chi connectivity index (χ0) is 21.1. The summed E-state index contributed by atoms with van der Waals surface area (Å²) in [5, 5.41) is 4.19. The van der Waals surface area contributed by atoms with Gasteiger partial charge in [0, 0.05) is 33.3 Å². The number of aryl methyl sites for hydroxylation is 2. The van der Waals surface area contributed by atoms with Crippen molar-refractivity contribution >= 4 is 6.09 Å². The first-order valence-corrected chi connectivity index (χ1v) is 10.9. The Labute approximate surface area is 178 Å². The molecule has 2 aliphatic rings. The molecular formula is C23H32N4O3. The number of carbonyl (C=O) groups is 1. The highest BCUT2D eigenvalue weighted by Crippen LogP contribution is 2.32. The predicted molar refractivity (Wildman–Crippen MR) is 115 cm³/mol. The van der Waals surface area contributed by atoms with Crippen molar-refractivity contribution < 1.29 is 14.3 Å². The van der Waals surface area contributed by atoms with E-state index in [4.69, 9.17) is 9.47 Å². The van der Waals surface area contributed by atoms with Crippen LogP contribution in [0.3, 0.4) is 0 Å². The zero-order valence-corrected chi connectivity index (χ0v) is 18.2. The smallest absolute Gasteiger partial charge is 0.416 e. The molecule has 0 bridgehead atoms. The number of hydrogen-bond acceptors (Lipinski definition) is 5. The van der Waals surface area contributed by atoms with Gasteiger partial charge in [-0.3, -0.25) is 4.90 Å². The minimum Gasteiger partial charge on any atom is -0.490 e. The van der Waals surface area contributed by atoms with Crippen LogP contribution in [0, 0.1) is 12.8 Å². The molecule has 2 heterocycles. The van der Waals surface area contributed by atoms with Crippen molar-refractivity contribution in [1.82, 2.24) is 19.6 Å². The predicted octanol–water partition coefficient (Wildman–Crippen LogP) is 3.61. The van der Waals surface area contributed by atoms with Gasteiger partial charge in [0.1, 0.15) is 5.75 Å². The maximum Gasteiger partial charge on any atom is 0.416 e.